The van der Waals surface area contributed by atoms with Crippen molar-refractivity contribution in [3.8, 4) is 0 Å². The molecule has 10 heteroatoms. The molecule has 8 nitrogen and oxygen atoms in total. The molecular weight excluding hydrogens is 288 g/mol. The van der Waals surface area contributed by atoms with E-state index in [2.05, 4.69) is 19.8 Å². The Morgan fingerprint density at radius 1 is 1.53 bits per heavy atom. The molecule has 2 aromatic heterocycles. The second kappa shape index (κ2) is 5.23. The van der Waals surface area contributed by atoms with Crippen LogP contribution in [0.2, 0.25) is 0 Å². The normalized spacial score (nSPS) is 11.9. The van der Waals surface area contributed by atoms with Gasteiger partial charge in [0.1, 0.15) is 6.33 Å². The molecule has 0 aliphatic heterocycles. The minimum atomic E-state index is -3.57. The number of aryl methyl sites for hydroxylation is 2. The summed E-state index contributed by atoms with van der Waals surface area (Å²) in [7, 11) is -1.82. The fraction of sp³-hybridized carbons (Fsp3) is 0.444. The molecule has 0 fully saturated rings. The van der Waals surface area contributed by atoms with E-state index in [0.717, 1.165) is 11.3 Å². The smallest absolute Gasteiger partial charge is 0.252 e. The number of nitrogen functional groups attached to an aromatic ring is 1. The van der Waals surface area contributed by atoms with E-state index in [1.165, 1.54) is 0 Å². The topological polar surface area (TPSA) is 116 Å². The van der Waals surface area contributed by atoms with Crippen LogP contribution in [0.15, 0.2) is 10.5 Å². The molecule has 0 spiro atoms. The Morgan fingerprint density at radius 2 is 2.26 bits per heavy atom. The van der Waals surface area contributed by atoms with E-state index in [9.17, 15) is 8.42 Å². The van der Waals surface area contributed by atoms with Crippen molar-refractivity contribution in [2.45, 2.75) is 17.6 Å². The highest BCUT2D eigenvalue weighted by Gasteiger charge is 2.20. The molecule has 0 amide bonds. The summed E-state index contributed by atoms with van der Waals surface area (Å²) < 4.78 is 28.2. The summed E-state index contributed by atoms with van der Waals surface area (Å²) in [5.74, 6) is 0.589. The number of nitrogens with two attached hydrogens (primary N) is 1. The first kappa shape index (κ1) is 13.9. The first-order chi connectivity index (χ1) is 8.88. The molecule has 0 aliphatic rings. The SMILES string of the molecule is Cc1nc(N)sc1S(=O)(=O)NCCc1ncn(C)n1. The fourth-order valence-electron chi connectivity index (χ4n) is 1.51. The second-order valence-corrected chi connectivity index (χ2v) is 6.90. The van der Waals surface area contributed by atoms with E-state index in [4.69, 9.17) is 5.73 Å². The number of anilines is 1. The van der Waals surface area contributed by atoms with Crippen LogP contribution in [0, 0.1) is 6.92 Å². The first-order valence-corrected chi connectivity index (χ1v) is 7.75. The maximum atomic E-state index is 12.0. The highest BCUT2D eigenvalue weighted by Crippen LogP contribution is 2.24. The Kier molecular flexibility index (Phi) is 3.83. The molecule has 0 aromatic carbocycles. The van der Waals surface area contributed by atoms with Gasteiger partial charge in [0.15, 0.2) is 15.2 Å². The van der Waals surface area contributed by atoms with Crippen LogP contribution in [0.1, 0.15) is 11.5 Å². The number of nitrogens with one attached hydrogen (secondary N) is 1. The molecule has 0 radical (unpaired) electrons. The zero-order valence-electron chi connectivity index (χ0n) is 10.5. The van der Waals surface area contributed by atoms with Crippen LogP contribution in [0.25, 0.3) is 0 Å². The van der Waals surface area contributed by atoms with Gasteiger partial charge in [-0.2, -0.15) is 5.10 Å². The molecular formula is C9H14N6O2S2. The number of thiazole rings is 1. The molecule has 0 saturated heterocycles. The van der Waals surface area contributed by atoms with Crippen molar-refractivity contribution in [1.29, 1.82) is 0 Å². The Bertz CT molecular complexity index is 675. The van der Waals surface area contributed by atoms with Gasteiger partial charge >= 0.3 is 0 Å². The van der Waals surface area contributed by atoms with Crippen LogP contribution in [0.3, 0.4) is 0 Å². The van der Waals surface area contributed by atoms with Crippen LogP contribution in [0.5, 0.6) is 0 Å². The first-order valence-electron chi connectivity index (χ1n) is 5.45. The quantitative estimate of drug-likeness (QED) is 0.782. The Morgan fingerprint density at radius 3 is 2.79 bits per heavy atom. The molecule has 0 aliphatic carbocycles. The average molecular weight is 302 g/mol. The van der Waals surface area contributed by atoms with E-state index in [-0.39, 0.29) is 15.9 Å². The van der Waals surface area contributed by atoms with Gasteiger partial charge in [-0.15, -0.1) is 0 Å². The predicted octanol–water partition coefficient (Wildman–Crippen LogP) is -0.317. The van der Waals surface area contributed by atoms with Crippen LogP contribution in [0.4, 0.5) is 5.13 Å². The molecule has 3 N–H and O–H groups in total. The molecule has 0 saturated carbocycles. The van der Waals surface area contributed by atoms with Crippen molar-refractivity contribution in [2.75, 3.05) is 12.3 Å². The summed E-state index contributed by atoms with van der Waals surface area (Å²) >= 11 is 0.953. The van der Waals surface area contributed by atoms with Gasteiger partial charge in [0.25, 0.3) is 10.0 Å². The lowest BCUT2D eigenvalue weighted by Crippen LogP contribution is -2.26. The second-order valence-electron chi connectivity index (χ2n) is 3.91. The van der Waals surface area contributed by atoms with Gasteiger partial charge in [-0.05, 0) is 6.92 Å². The monoisotopic (exact) mass is 302 g/mol. The van der Waals surface area contributed by atoms with E-state index < -0.39 is 10.0 Å². The van der Waals surface area contributed by atoms with Gasteiger partial charge in [-0.1, -0.05) is 11.3 Å². The molecule has 0 bridgehead atoms. The minimum absolute atomic E-state index is 0.152. The van der Waals surface area contributed by atoms with Gasteiger partial charge in [0.2, 0.25) is 0 Å². The van der Waals surface area contributed by atoms with Crippen LogP contribution < -0.4 is 10.5 Å². The molecule has 19 heavy (non-hydrogen) atoms. The molecule has 2 rings (SSSR count). The molecule has 2 heterocycles. The summed E-state index contributed by atoms with van der Waals surface area (Å²) in [5.41, 5.74) is 5.90. The van der Waals surface area contributed by atoms with Gasteiger partial charge in [-0.25, -0.2) is 23.1 Å². The summed E-state index contributed by atoms with van der Waals surface area (Å²) in [6.07, 6.45) is 1.99. The van der Waals surface area contributed by atoms with Gasteiger partial charge in [0, 0.05) is 20.0 Å². The van der Waals surface area contributed by atoms with Gasteiger partial charge in [0.05, 0.1) is 5.69 Å². The van der Waals surface area contributed by atoms with Crippen molar-refractivity contribution in [3.63, 3.8) is 0 Å². The maximum absolute atomic E-state index is 12.0. The van der Waals surface area contributed by atoms with Crippen LogP contribution >= 0.6 is 11.3 Å². The third-order valence-electron chi connectivity index (χ3n) is 2.30. The third kappa shape index (κ3) is 3.28. The lowest BCUT2D eigenvalue weighted by atomic mass is 10.4. The number of hydrogen-bond donors (Lipinski definition) is 2. The maximum Gasteiger partial charge on any atom is 0.252 e. The Hall–Kier alpha value is -1.52. The van der Waals surface area contributed by atoms with Gasteiger partial charge in [-0.3, -0.25) is 4.68 Å². The Balaban J connectivity index is 2.00. The summed E-state index contributed by atoms with van der Waals surface area (Å²) in [4.78, 5) is 7.91. The fourth-order valence-corrected chi connectivity index (χ4v) is 3.89. The summed E-state index contributed by atoms with van der Waals surface area (Å²) in [6, 6.07) is 0. The molecule has 2 aromatic rings. The predicted molar refractivity (Wildman–Crippen MR) is 71.2 cm³/mol. The molecule has 0 atom stereocenters. The Labute approximate surface area is 114 Å². The van der Waals surface area contributed by atoms with E-state index in [1.54, 1.807) is 25.0 Å². The number of sulfonamides is 1. The number of rotatable bonds is 5. The van der Waals surface area contributed by atoms with Crippen molar-refractivity contribution >= 4 is 26.5 Å². The highest BCUT2D eigenvalue weighted by molar-refractivity contribution is 7.91. The highest BCUT2D eigenvalue weighted by atomic mass is 32.2. The van der Waals surface area contributed by atoms with E-state index in [0.29, 0.717) is 17.9 Å². The molecule has 104 valence electrons. The minimum Gasteiger partial charge on any atom is -0.375 e. The average Bonchev–Trinajstić information content (AvgIpc) is 2.85. The number of nitrogens with zero attached hydrogens (tertiary/aromatic N) is 4. The lowest BCUT2D eigenvalue weighted by Gasteiger charge is -2.03. The van der Waals surface area contributed by atoms with E-state index in [1.807, 2.05) is 0 Å². The largest absolute Gasteiger partial charge is 0.375 e. The van der Waals surface area contributed by atoms with Crippen molar-refractivity contribution in [1.82, 2.24) is 24.5 Å². The number of hydrogen-bond acceptors (Lipinski definition) is 7. The lowest BCUT2D eigenvalue weighted by molar-refractivity contribution is 0.582. The van der Waals surface area contributed by atoms with Crippen molar-refractivity contribution in [3.05, 3.63) is 17.8 Å². The summed E-state index contributed by atoms with van der Waals surface area (Å²) in [6.45, 7) is 1.84. The number of aromatic nitrogens is 4. The van der Waals surface area contributed by atoms with Crippen LogP contribution in [-0.4, -0.2) is 34.7 Å². The molecule has 0 unspecified atom stereocenters. The zero-order valence-corrected chi connectivity index (χ0v) is 12.1. The zero-order chi connectivity index (χ0) is 14.0. The van der Waals surface area contributed by atoms with Crippen molar-refractivity contribution < 1.29 is 8.42 Å². The van der Waals surface area contributed by atoms with Gasteiger partial charge < -0.3 is 5.73 Å². The summed E-state index contributed by atoms with van der Waals surface area (Å²) in [5, 5.41) is 4.31. The van der Waals surface area contributed by atoms with E-state index >= 15 is 0 Å². The standard InChI is InChI=1S/C9H14N6O2S2/c1-6-8(18-9(10)13-6)19(16,17)12-4-3-7-11-5-15(2)14-7/h5,12H,3-4H2,1-2H3,(H2,10,13). The van der Waals surface area contributed by atoms with Crippen LogP contribution in [-0.2, 0) is 23.5 Å². The third-order valence-corrected chi connectivity index (χ3v) is 5.36. The van der Waals surface area contributed by atoms with Crippen molar-refractivity contribution in [2.24, 2.45) is 7.05 Å².